The highest BCUT2D eigenvalue weighted by Crippen LogP contribution is 2.08. The number of rotatable bonds is 7. The van der Waals surface area contributed by atoms with Crippen molar-refractivity contribution in [2.45, 2.75) is 71.8 Å². The van der Waals surface area contributed by atoms with Gasteiger partial charge < -0.3 is 20.1 Å². The third kappa shape index (κ3) is 5.44. The topological polar surface area (TPSA) is 131 Å². The van der Waals surface area contributed by atoms with E-state index in [0.717, 1.165) is 4.57 Å². The van der Waals surface area contributed by atoms with E-state index in [1.54, 1.807) is 34.7 Å². The minimum Gasteiger partial charge on any atom is -0.444 e. The van der Waals surface area contributed by atoms with Gasteiger partial charge in [0.05, 0.1) is 12.6 Å². The Kier molecular flexibility index (Phi) is 6.65. The van der Waals surface area contributed by atoms with Crippen molar-refractivity contribution in [2.75, 3.05) is 0 Å². The smallest absolute Gasteiger partial charge is 0.408 e. The first-order valence-corrected chi connectivity index (χ1v) is 9.33. The van der Waals surface area contributed by atoms with Crippen LogP contribution in [0.2, 0.25) is 0 Å². The highest BCUT2D eigenvalue weighted by atomic mass is 16.6. The van der Waals surface area contributed by atoms with Crippen molar-refractivity contribution in [3.63, 3.8) is 0 Å². The lowest BCUT2D eigenvalue weighted by molar-refractivity contribution is 0.0522. The van der Waals surface area contributed by atoms with Crippen LogP contribution in [0.3, 0.4) is 0 Å². The van der Waals surface area contributed by atoms with Crippen molar-refractivity contribution in [3.05, 3.63) is 26.7 Å². The number of carbonyl (C=O) groups excluding carboxylic acids is 1. The first-order chi connectivity index (χ1) is 13.0. The zero-order valence-corrected chi connectivity index (χ0v) is 17.0. The molecule has 2 heterocycles. The van der Waals surface area contributed by atoms with Gasteiger partial charge in [-0.2, -0.15) is 0 Å². The number of nitrogens with zero attached hydrogens (tertiary/aromatic N) is 3. The molecule has 1 atom stereocenters. The molecule has 1 unspecified atom stereocenters. The monoisotopic (exact) mass is 395 g/mol. The second kappa shape index (κ2) is 8.59. The zero-order chi connectivity index (χ0) is 21.1. The van der Waals surface area contributed by atoms with Gasteiger partial charge in [-0.25, -0.2) is 14.6 Å². The normalized spacial score (nSPS) is 12.9. The first-order valence-electron chi connectivity index (χ1n) is 9.33. The molecule has 0 aliphatic heterocycles. The highest BCUT2D eigenvalue weighted by Gasteiger charge is 2.18. The van der Waals surface area contributed by atoms with Gasteiger partial charge in [0.15, 0.2) is 5.65 Å². The van der Waals surface area contributed by atoms with Crippen molar-refractivity contribution in [2.24, 2.45) is 7.05 Å². The molecule has 0 bridgehead atoms. The molecular weight excluding hydrogens is 366 g/mol. The van der Waals surface area contributed by atoms with Gasteiger partial charge in [0, 0.05) is 13.6 Å². The average molecular weight is 395 g/mol. The molecule has 0 saturated carbocycles. The number of unbranched alkanes of at least 4 members (excludes halogenated alkanes) is 1. The number of imidazole rings is 1. The van der Waals surface area contributed by atoms with Crippen LogP contribution in [0.25, 0.3) is 11.2 Å². The molecule has 2 aromatic heterocycles. The van der Waals surface area contributed by atoms with Crippen LogP contribution < -0.4 is 16.6 Å². The minimum atomic E-state index is -0.622. The Balaban J connectivity index is 2.19. The number of nitrogens with one attached hydrogen (secondary N) is 2. The van der Waals surface area contributed by atoms with Gasteiger partial charge in [-0.05, 0) is 47.0 Å². The number of amides is 1. The summed E-state index contributed by atoms with van der Waals surface area (Å²) in [5.41, 5.74) is -1.09. The van der Waals surface area contributed by atoms with Crippen molar-refractivity contribution in [3.8, 4) is 0 Å². The first kappa shape index (κ1) is 21.7. The highest BCUT2D eigenvalue weighted by molar-refractivity contribution is 5.70. The van der Waals surface area contributed by atoms with Crippen molar-refractivity contribution in [1.82, 2.24) is 24.4 Å². The van der Waals surface area contributed by atoms with Crippen LogP contribution in [0.5, 0.6) is 0 Å². The number of hydrogen-bond acceptors (Lipinski definition) is 6. The van der Waals surface area contributed by atoms with E-state index in [2.05, 4.69) is 15.3 Å². The summed E-state index contributed by atoms with van der Waals surface area (Å²) in [4.78, 5) is 44.1. The SMILES string of the molecule is CC(O)CCCCn1c(=O)c2[nH]c(CNC(=O)OC(C)(C)C)nc2n(C)c1=O. The molecule has 0 aliphatic rings. The number of aliphatic hydroxyl groups is 1. The van der Waals surface area contributed by atoms with Crippen LogP contribution in [0.1, 0.15) is 52.8 Å². The summed E-state index contributed by atoms with van der Waals surface area (Å²) in [5.74, 6) is 0.347. The average Bonchev–Trinajstić information content (AvgIpc) is 3.00. The second-order valence-electron chi connectivity index (χ2n) is 7.88. The molecule has 0 fully saturated rings. The molecule has 156 valence electrons. The number of aromatic nitrogens is 4. The summed E-state index contributed by atoms with van der Waals surface area (Å²) in [6.45, 7) is 7.27. The fourth-order valence-corrected chi connectivity index (χ4v) is 2.76. The van der Waals surface area contributed by atoms with Gasteiger partial charge in [0.25, 0.3) is 5.56 Å². The summed E-state index contributed by atoms with van der Waals surface area (Å²) in [5, 5.41) is 11.9. The van der Waals surface area contributed by atoms with E-state index in [-0.39, 0.29) is 24.3 Å². The summed E-state index contributed by atoms with van der Waals surface area (Å²) in [6.07, 6.45) is 0.917. The predicted octanol–water partition coefficient (Wildman–Crippen LogP) is 0.999. The van der Waals surface area contributed by atoms with E-state index >= 15 is 0 Å². The Labute approximate surface area is 162 Å². The molecular formula is C18H29N5O5. The summed E-state index contributed by atoms with van der Waals surface area (Å²) in [6, 6.07) is 0. The quantitative estimate of drug-likeness (QED) is 0.599. The lowest BCUT2D eigenvalue weighted by Gasteiger charge is -2.19. The van der Waals surface area contributed by atoms with Gasteiger partial charge in [-0.3, -0.25) is 13.9 Å². The summed E-state index contributed by atoms with van der Waals surface area (Å²) < 4.78 is 7.63. The lowest BCUT2D eigenvalue weighted by Crippen LogP contribution is -2.39. The third-order valence-electron chi connectivity index (χ3n) is 4.08. The summed E-state index contributed by atoms with van der Waals surface area (Å²) >= 11 is 0. The number of alkyl carbamates (subject to hydrolysis) is 1. The number of aliphatic hydroxyl groups excluding tert-OH is 1. The Morgan fingerprint density at radius 1 is 1.32 bits per heavy atom. The zero-order valence-electron chi connectivity index (χ0n) is 17.0. The molecule has 0 spiro atoms. The number of hydrogen-bond donors (Lipinski definition) is 3. The molecule has 2 aromatic rings. The van der Waals surface area contributed by atoms with E-state index in [1.807, 2.05) is 0 Å². The van der Waals surface area contributed by atoms with Crippen molar-refractivity contribution < 1.29 is 14.6 Å². The fraction of sp³-hybridized carbons (Fsp3) is 0.667. The molecule has 0 aliphatic carbocycles. The van der Waals surface area contributed by atoms with E-state index < -0.39 is 29.0 Å². The lowest BCUT2D eigenvalue weighted by atomic mass is 10.2. The fourth-order valence-electron chi connectivity index (χ4n) is 2.76. The van der Waals surface area contributed by atoms with Crippen LogP contribution in [0, 0.1) is 0 Å². The Hall–Kier alpha value is -2.62. The Bertz CT molecular complexity index is 948. The number of carbonyl (C=O) groups is 1. The molecule has 0 radical (unpaired) electrons. The molecule has 10 heteroatoms. The van der Waals surface area contributed by atoms with Crippen LogP contribution in [-0.2, 0) is 24.9 Å². The number of ether oxygens (including phenoxy) is 1. The molecule has 3 N–H and O–H groups in total. The largest absolute Gasteiger partial charge is 0.444 e. The van der Waals surface area contributed by atoms with Crippen molar-refractivity contribution in [1.29, 1.82) is 0 Å². The maximum absolute atomic E-state index is 12.7. The molecule has 1 amide bonds. The molecule has 28 heavy (non-hydrogen) atoms. The maximum atomic E-state index is 12.7. The van der Waals surface area contributed by atoms with E-state index in [0.29, 0.717) is 25.1 Å². The third-order valence-corrected chi connectivity index (χ3v) is 4.08. The molecule has 0 saturated heterocycles. The predicted molar refractivity (Wildman–Crippen MR) is 104 cm³/mol. The number of aromatic amines is 1. The number of aryl methyl sites for hydroxylation is 1. The van der Waals surface area contributed by atoms with E-state index in [4.69, 9.17) is 4.74 Å². The number of fused-ring (bicyclic) bond motifs is 1. The van der Waals surface area contributed by atoms with Crippen molar-refractivity contribution >= 4 is 17.3 Å². The van der Waals surface area contributed by atoms with Crippen LogP contribution >= 0.6 is 0 Å². The number of H-pyrrole nitrogens is 1. The maximum Gasteiger partial charge on any atom is 0.408 e. The Morgan fingerprint density at radius 2 is 2.00 bits per heavy atom. The van der Waals surface area contributed by atoms with Gasteiger partial charge in [-0.15, -0.1) is 0 Å². The van der Waals surface area contributed by atoms with Gasteiger partial charge in [0.1, 0.15) is 16.9 Å². The van der Waals surface area contributed by atoms with Gasteiger partial charge >= 0.3 is 11.8 Å². The Morgan fingerprint density at radius 3 is 2.61 bits per heavy atom. The molecule has 2 rings (SSSR count). The van der Waals surface area contributed by atoms with E-state index in [9.17, 15) is 19.5 Å². The molecule has 10 nitrogen and oxygen atoms in total. The standard InChI is InChI=1S/C18H29N5O5/c1-11(24)8-6-7-9-23-15(25)13-14(22(5)17(23)27)21-12(20-13)10-19-16(26)28-18(2,3)4/h11,24H,6-10H2,1-5H3,(H,19,26)(H,20,21). The van der Waals surface area contributed by atoms with Gasteiger partial charge in [0.2, 0.25) is 0 Å². The van der Waals surface area contributed by atoms with Crippen LogP contribution in [-0.4, -0.2) is 42.0 Å². The van der Waals surface area contributed by atoms with Crippen LogP contribution in [0.4, 0.5) is 4.79 Å². The minimum absolute atomic E-state index is 0.0333. The van der Waals surface area contributed by atoms with Gasteiger partial charge in [-0.1, -0.05) is 0 Å². The molecule has 0 aromatic carbocycles. The van der Waals surface area contributed by atoms with Crippen LogP contribution in [0.15, 0.2) is 9.59 Å². The summed E-state index contributed by atoms with van der Waals surface area (Å²) in [7, 11) is 1.54. The van der Waals surface area contributed by atoms with E-state index in [1.165, 1.54) is 4.57 Å². The second-order valence-corrected chi connectivity index (χ2v) is 7.88.